The summed E-state index contributed by atoms with van der Waals surface area (Å²) < 4.78 is 0. The maximum Gasteiger partial charge on any atom is 0.236 e. The van der Waals surface area contributed by atoms with Crippen molar-refractivity contribution in [2.75, 3.05) is 39.3 Å². The van der Waals surface area contributed by atoms with Gasteiger partial charge in [0.2, 0.25) is 5.91 Å². The van der Waals surface area contributed by atoms with Crippen LogP contribution in [0.3, 0.4) is 0 Å². The smallest absolute Gasteiger partial charge is 0.236 e. The summed E-state index contributed by atoms with van der Waals surface area (Å²) in [5, 5.41) is 0. The summed E-state index contributed by atoms with van der Waals surface area (Å²) in [7, 11) is 0. The molecule has 0 aromatic rings. The van der Waals surface area contributed by atoms with Crippen LogP contribution >= 0.6 is 0 Å². The number of piperazine rings is 1. The minimum absolute atomic E-state index is 0.216. The SMILES string of the molecule is CCN1CCN(CCN)C(=O)C1. The van der Waals surface area contributed by atoms with Crippen molar-refractivity contribution in [3.63, 3.8) is 0 Å². The summed E-state index contributed by atoms with van der Waals surface area (Å²) in [6.07, 6.45) is 0. The summed E-state index contributed by atoms with van der Waals surface area (Å²) >= 11 is 0. The van der Waals surface area contributed by atoms with Gasteiger partial charge in [-0.1, -0.05) is 6.92 Å². The van der Waals surface area contributed by atoms with Gasteiger partial charge in [0.25, 0.3) is 0 Å². The number of likely N-dealkylation sites (N-methyl/N-ethyl adjacent to an activating group) is 1. The lowest BCUT2D eigenvalue weighted by atomic mass is 10.3. The third-order valence-electron chi connectivity index (χ3n) is 2.24. The molecule has 4 heteroatoms. The quantitative estimate of drug-likeness (QED) is 0.599. The zero-order valence-electron chi connectivity index (χ0n) is 7.62. The Kier molecular flexibility index (Phi) is 3.49. The molecule has 0 atom stereocenters. The van der Waals surface area contributed by atoms with Gasteiger partial charge in [-0.05, 0) is 6.54 Å². The zero-order valence-corrected chi connectivity index (χ0v) is 7.62. The van der Waals surface area contributed by atoms with Gasteiger partial charge < -0.3 is 10.6 Å². The van der Waals surface area contributed by atoms with Gasteiger partial charge in [-0.15, -0.1) is 0 Å². The van der Waals surface area contributed by atoms with Crippen molar-refractivity contribution >= 4 is 5.91 Å². The first kappa shape index (κ1) is 9.48. The normalized spacial score (nSPS) is 20.2. The zero-order chi connectivity index (χ0) is 8.97. The molecule has 0 bridgehead atoms. The molecule has 0 aromatic carbocycles. The highest BCUT2D eigenvalue weighted by Crippen LogP contribution is 2.01. The highest BCUT2D eigenvalue weighted by atomic mass is 16.2. The molecule has 1 aliphatic heterocycles. The predicted octanol–water partition coefficient (Wildman–Crippen LogP) is -0.891. The lowest BCUT2D eigenvalue weighted by molar-refractivity contribution is -0.135. The van der Waals surface area contributed by atoms with Crippen LogP contribution in [-0.4, -0.2) is 55.0 Å². The van der Waals surface area contributed by atoms with E-state index in [2.05, 4.69) is 11.8 Å². The molecule has 2 N–H and O–H groups in total. The number of carbonyl (C=O) groups excluding carboxylic acids is 1. The fourth-order valence-corrected chi connectivity index (χ4v) is 1.42. The Bertz CT molecular complexity index is 160. The molecule has 0 saturated carbocycles. The van der Waals surface area contributed by atoms with Gasteiger partial charge in [0, 0.05) is 26.2 Å². The fourth-order valence-electron chi connectivity index (χ4n) is 1.42. The van der Waals surface area contributed by atoms with Crippen LogP contribution in [0, 0.1) is 0 Å². The van der Waals surface area contributed by atoms with Crippen molar-refractivity contribution in [1.82, 2.24) is 9.80 Å². The van der Waals surface area contributed by atoms with Gasteiger partial charge in [-0.2, -0.15) is 0 Å². The second-order valence-electron chi connectivity index (χ2n) is 3.04. The highest BCUT2D eigenvalue weighted by Gasteiger charge is 2.21. The van der Waals surface area contributed by atoms with Crippen molar-refractivity contribution in [2.24, 2.45) is 5.73 Å². The Labute approximate surface area is 73.3 Å². The van der Waals surface area contributed by atoms with Crippen LogP contribution in [0.2, 0.25) is 0 Å². The maximum absolute atomic E-state index is 11.4. The molecule has 1 amide bonds. The summed E-state index contributed by atoms with van der Waals surface area (Å²) in [5.74, 6) is 0.216. The van der Waals surface area contributed by atoms with E-state index in [4.69, 9.17) is 5.73 Å². The van der Waals surface area contributed by atoms with Crippen LogP contribution in [0.25, 0.3) is 0 Å². The van der Waals surface area contributed by atoms with E-state index in [1.54, 1.807) is 0 Å². The largest absolute Gasteiger partial charge is 0.339 e. The average molecular weight is 171 g/mol. The number of hydrogen-bond acceptors (Lipinski definition) is 3. The van der Waals surface area contributed by atoms with E-state index >= 15 is 0 Å². The van der Waals surface area contributed by atoms with Crippen molar-refractivity contribution in [2.45, 2.75) is 6.92 Å². The molecule has 1 fully saturated rings. The molecule has 0 aromatic heterocycles. The second kappa shape index (κ2) is 4.42. The second-order valence-corrected chi connectivity index (χ2v) is 3.04. The minimum atomic E-state index is 0.216. The lowest BCUT2D eigenvalue weighted by Crippen LogP contribution is -2.51. The van der Waals surface area contributed by atoms with E-state index in [-0.39, 0.29) is 5.91 Å². The Morgan fingerprint density at radius 1 is 1.50 bits per heavy atom. The average Bonchev–Trinajstić information content (AvgIpc) is 2.09. The molecule has 1 saturated heterocycles. The summed E-state index contributed by atoms with van der Waals surface area (Å²) in [6, 6.07) is 0. The molecular weight excluding hydrogens is 154 g/mol. The lowest BCUT2D eigenvalue weighted by Gasteiger charge is -2.33. The van der Waals surface area contributed by atoms with Gasteiger partial charge >= 0.3 is 0 Å². The van der Waals surface area contributed by atoms with E-state index in [1.165, 1.54) is 0 Å². The van der Waals surface area contributed by atoms with Gasteiger partial charge in [-0.25, -0.2) is 0 Å². The number of rotatable bonds is 3. The van der Waals surface area contributed by atoms with Gasteiger partial charge in [0.05, 0.1) is 6.54 Å². The summed E-state index contributed by atoms with van der Waals surface area (Å²) in [5.41, 5.74) is 5.38. The van der Waals surface area contributed by atoms with Crippen LogP contribution in [0.4, 0.5) is 0 Å². The Morgan fingerprint density at radius 3 is 2.75 bits per heavy atom. The predicted molar refractivity (Wildman–Crippen MR) is 47.7 cm³/mol. The van der Waals surface area contributed by atoms with E-state index in [1.807, 2.05) is 4.90 Å². The fraction of sp³-hybridized carbons (Fsp3) is 0.875. The standard InChI is InChI=1S/C8H17N3O/c1-2-10-5-6-11(4-3-9)8(12)7-10/h2-7,9H2,1H3. The first-order valence-corrected chi connectivity index (χ1v) is 4.48. The molecule has 4 nitrogen and oxygen atoms in total. The number of amides is 1. The van der Waals surface area contributed by atoms with Crippen LogP contribution in [0.1, 0.15) is 6.92 Å². The van der Waals surface area contributed by atoms with Gasteiger partial charge in [0.1, 0.15) is 0 Å². The van der Waals surface area contributed by atoms with E-state index in [9.17, 15) is 4.79 Å². The molecule has 0 aliphatic carbocycles. The van der Waals surface area contributed by atoms with Crippen molar-refractivity contribution in [3.05, 3.63) is 0 Å². The van der Waals surface area contributed by atoms with Gasteiger partial charge in [0.15, 0.2) is 0 Å². The Morgan fingerprint density at radius 2 is 2.25 bits per heavy atom. The minimum Gasteiger partial charge on any atom is -0.339 e. The van der Waals surface area contributed by atoms with Crippen LogP contribution in [0.15, 0.2) is 0 Å². The first-order chi connectivity index (χ1) is 5.77. The van der Waals surface area contributed by atoms with Crippen molar-refractivity contribution in [1.29, 1.82) is 0 Å². The highest BCUT2D eigenvalue weighted by molar-refractivity contribution is 5.79. The number of hydrogen-bond donors (Lipinski definition) is 1. The monoisotopic (exact) mass is 171 g/mol. The van der Waals surface area contributed by atoms with Crippen LogP contribution in [-0.2, 0) is 4.79 Å². The van der Waals surface area contributed by atoms with Crippen LogP contribution < -0.4 is 5.73 Å². The molecule has 1 heterocycles. The molecule has 12 heavy (non-hydrogen) atoms. The van der Waals surface area contributed by atoms with Crippen LogP contribution in [0.5, 0.6) is 0 Å². The molecule has 1 rings (SSSR count). The molecule has 0 radical (unpaired) electrons. The molecular formula is C8H17N3O. The summed E-state index contributed by atoms with van der Waals surface area (Å²) in [6.45, 7) is 6.70. The molecule has 1 aliphatic rings. The number of nitrogens with zero attached hydrogens (tertiary/aromatic N) is 2. The first-order valence-electron chi connectivity index (χ1n) is 4.48. The topological polar surface area (TPSA) is 49.6 Å². The maximum atomic E-state index is 11.4. The third kappa shape index (κ3) is 2.19. The molecule has 0 unspecified atom stereocenters. The van der Waals surface area contributed by atoms with Gasteiger partial charge in [-0.3, -0.25) is 9.69 Å². The van der Waals surface area contributed by atoms with E-state index in [0.717, 1.165) is 19.6 Å². The summed E-state index contributed by atoms with van der Waals surface area (Å²) in [4.78, 5) is 15.4. The number of carbonyl (C=O) groups is 1. The third-order valence-corrected chi connectivity index (χ3v) is 2.24. The van der Waals surface area contributed by atoms with E-state index < -0.39 is 0 Å². The molecule has 70 valence electrons. The van der Waals surface area contributed by atoms with Crippen molar-refractivity contribution < 1.29 is 4.79 Å². The Hall–Kier alpha value is -0.610. The Balaban J connectivity index is 2.37. The number of nitrogens with two attached hydrogens (primary N) is 1. The molecule has 0 spiro atoms. The van der Waals surface area contributed by atoms with E-state index in [0.29, 0.717) is 19.6 Å². The van der Waals surface area contributed by atoms with Crippen molar-refractivity contribution in [3.8, 4) is 0 Å².